The largest absolute Gasteiger partial charge is 0.493 e. The summed E-state index contributed by atoms with van der Waals surface area (Å²) in [6.45, 7) is 1.35. The molecule has 0 bridgehead atoms. The van der Waals surface area contributed by atoms with Crippen LogP contribution in [0.4, 0.5) is 5.69 Å². The van der Waals surface area contributed by atoms with Gasteiger partial charge in [-0.05, 0) is 55.5 Å². The van der Waals surface area contributed by atoms with Crippen molar-refractivity contribution in [3.05, 3.63) is 48.3 Å². The van der Waals surface area contributed by atoms with Gasteiger partial charge >= 0.3 is 0 Å². The summed E-state index contributed by atoms with van der Waals surface area (Å²) < 4.78 is 11.7. The molecule has 25 heavy (non-hydrogen) atoms. The van der Waals surface area contributed by atoms with Gasteiger partial charge in [-0.25, -0.2) is 0 Å². The summed E-state index contributed by atoms with van der Waals surface area (Å²) >= 11 is 0. The number of nitrogens with zero attached hydrogens (tertiary/aromatic N) is 2. The van der Waals surface area contributed by atoms with E-state index in [0.717, 1.165) is 35.6 Å². The summed E-state index contributed by atoms with van der Waals surface area (Å²) in [4.78, 5) is 6.20. The monoisotopic (exact) mass is 342 g/mol. The zero-order valence-corrected chi connectivity index (χ0v) is 14.7. The lowest BCUT2D eigenvalue weighted by Gasteiger charge is -2.26. The normalized spacial score (nSPS) is 14.5. The van der Waals surface area contributed by atoms with E-state index in [1.165, 1.54) is 12.8 Å². The van der Waals surface area contributed by atoms with E-state index in [1.807, 2.05) is 30.3 Å². The van der Waals surface area contributed by atoms with Gasteiger partial charge in [-0.2, -0.15) is 0 Å². The van der Waals surface area contributed by atoms with Crippen molar-refractivity contribution < 1.29 is 14.6 Å². The van der Waals surface area contributed by atoms with Crippen molar-refractivity contribution in [3.8, 4) is 11.5 Å². The molecule has 1 aliphatic rings. The molecule has 0 amide bonds. The van der Waals surface area contributed by atoms with Crippen molar-refractivity contribution in [1.29, 1.82) is 0 Å². The smallest absolute Gasteiger partial charge is 0.163 e. The van der Waals surface area contributed by atoms with Crippen molar-refractivity contribution >= 4 is 5.69 Å². The highest BCUT2D eigenvalue weighted by Gasteiger charge is 2.19. The molecule has 0 spiro atoms. The highest BCUT2D eigenvalue weighted by molar-refractivity contribution is 5.56. The molecular weight excluding hydrogens is 316 g/mol. The average molecular weight is 342 g/mol. The topological polar surface area (TPSA) is 54.8 Å². The fourth-order valence-electron chi connectivity index (χ4n) is 3.27. The second-order valence-corrected chi connectivity index (χ2v) is 6.36. The van der Waals surface area contributed by atoms with E-state index in [-0.39, 0.29) is 12.7 Å². The lowest BCUT2D eigenvalue weighted by Crippen LogP contribution is -2.26. The maximum atomic E-state index is 9.47. The summed E-state index contributed by atoms with van der Waals surface area (Å²) in [5, 5.41) is 9.47. The van der Waals surface area contributed by atoms with E-state index >= 15 is 0 Å². The molecular formula is C20H26N2O3. The second kappa shape index (κ2) is 8.72. The number of aromatic nitrogens is 1. The summed E-state index contributed by atoms with van der Waals surface area (Å²) in [6.07, 6.45) is 8.51. The van der Waals surface area contributed by atoms with E-state index in [9.17, 15) is 5.11 Å². The fourth-order valence-corrected chi connectivity index (χ4v) is 3.27. The number of pyridine rings is 1. The third kappa shape index (κ3) is 4.63. The zero-order chi connectivity index (χ0) is 17.5. The lowest BCUT2D eigenvalue weighted by molar-refractivity contribution is 0.201. The average Bonchev–Trinajstić information content (AvgIpc) is 3.15. The van der Waals surface area contributed by atoms with Crippen LogP contribution in [0.25, 0.3) is 0 Å². The standard InChI is InChI=1S/C20H26N2O3/c1-24-19-7-6-17(14-20(19)25-18-4-2-3-5-18)22(12-13-23)15-16-8-10-21-11-9-16/h6-11,14,18,23H,2-5,12-13,15H2,1H3. The number of ether oxygens (including phenoxy) is 2. The number of aliphatic hydroxyl groups excluding tert-OH is 1. The Hall–Kier alpha value is -2.27. The molecule has 1 aromatic heterocycles. The quantitative estimate of drug-likeness (QED) is 0.797. The minimum atomic E-state index is 0.0932. The molecule has 0 radical (unpaired) electrons. The van der Waals surface area contributed by atoms with Crippen molar-refractivity contribution in [2.75, 3.05) is 25.2 Å². The Morgan fingerprint density at radius 3 is 2.56 bits per heavy atom. The Bertz CT molecular complexity index is 657. The summed E-state index contributed by atoms with van der Waals surface area (Å²) in [5.41, 5.74) is 2.16. The molecule has 0 aliphatic heterocycles. The van der Waals surface area contributed by atoms with Gasteiger partial charge < -0.3 is 19.5 Å². The second-order valence-electron chi connectivity index (χ2n) is 6.36. The van der Waals surface area contributed by atoms with Gasteiger partial charge in [0.15, 0.2) is 11.5 Å². The molecule has 1 saturated carbocycles. The predicted octanol–water partition coefficient (Wildman–Crippen LogP) is 3.41. The van der Waals surface area contributed by atoms with Gasteiger partial charge in [-0.15, -0.1) is 0 Å². The molecule has 1 aliphatic carbocycles. The Balaban J connectivity index is 1.82. The maximum Gasteiger partial charge on any atom is 0.163 e. The van der Waals surface area contributed by atoms with Crippen molar-refractivity contribution in [3.63, 3.8) is 0 Å². The molecule has 1 heterocycles. The molecule has 3 rings (SSSR count). The first kappa shape index (κ1) is 17.5. The van der Waals surface area contributed by atoms with Gasteiger partial charge in [0.2, 0.25) is 0 Å². The number of anilines is 1. The highest BCUT2D eigenvalue weighted by Crippen LogP contribution is 2.35. The first-order valence-electron chi connectivity index (χ1n) is 8.89. The summed E-state index contributed by atoms with van der Waals surface area (Å²) in [7, 11) is 1.67. The van der Waals surface area contributed by atoms with Crippen LogP contribution in [0, 0.1) is 0 Å². The lowest BCUT2D eigenvalue weighted by atomic mass is 10.2. The molecule has 2 aromatic rings. The molecule has 134 valence electrons. The Kier molecular flexibility index (Phi) is 6.12. The molecule has 0 atom stereocenters. The van der Waals surface area contributed by atoms with E-state index < -0.39 is 0 Å². The van der Waals surface area contributed by atoms with Gasteiger partial charge in [-0.3, -0.25) is 4.98 Å². The Morgan fingerprint density at radius 1 is 1.12 bits per heavy atom. The highest BCUT2D eigenvalue weighted by atomic mass is 16.5. The van der Waals surface area contributed by atoms with Crippen molar-refractivity contribution in [2.45, 2.75) is 38.3 Å². The Labute approximate surface area is 149 Å². The minimum absolute atomic E-state index is 0.0932. The molecule has 1 aromatic carbocycles. The Morgan fingerprint density at radius 2 is 1.88 bits per heavy atom. The van der Waals surface area contributed by atoms with E-state index in [0.29, 0.717) is 13.1 Å². The summed E-state index contributed by atoms with van der Waals surface area (Å²) in [6, 6.07) is 9.95. The van der Waals surface area contributed by atoms with Crippen LogP contribution < -0.4 is 14.4 Å². The SMILES string of the molecule is COc1ccc(N(CCO)Cc2ccncc2)cc1OC1CCCC1. The van der Waals surface area contributed by atoms with Crippen LogP contribution in [-0.2, 0) is 6.54 Å². The van der Waals surface area contributed by atoms with Crippen molar-refractivity contribution in [1.82, 2.24) is 4.98 Å². The third-order valence-electron chi connectivity index (χ3n) is 4.60. The van der Waals surface area contributed by atoms with Gasteiger partial charge in [0, 0.05) is 37.2 Å². The number of benzene rings is 1. The first-order valence-corrected chi connectivity index (χ1v) is 8.89. The van der Waals surface area contributed by atoms with E-state index in [2.05, 4.69) is 9.88 Å². The number of aliphatic hydroxyl groups is 1. The van der Waals surface area contributed by atoms with E-state index in [4.69, 9.17) is 9.47 Å². The van der Waals surface area contributed by atoms with Crippen LogP contribution in [0.1, 0.15) is 31.2 Å². The molecule has 1 fully saturated rings. The number of rotatable bonds is 8. The third-order valence-corrected chi connectivity index (χ3v) is 4.60. The minimum Gasteiger partial charge on any atom is -0.493 e. The molecule has 5 nitrogen and oxygen atoms in total. The van der Waals surface area contributed by atoms with Crippen LogP contribution in [-0.4, -0.2) is 36.5 Å². The van der Waals surface area contributed by atoms with Crippen LogP contribution in [0.2, 0.25) is 0 Å². The van der Waals surface area contributed by atoms with Gasteiger partial charge in [0.25, 0.3) is 0 Å². The fraction of sp³-hybridized carbons (Fsp3) is 0.450. The molecule has 0 unspecified atom stereocenters. The first-order chi connectivity index (χ1) is 12.3. The van der Waals surface area contributed by atoms with Crippen LogP contribution in [0.15, 0.2) is 42.7 Å². The number of methoxy groups -OCH3 is 1. The molecule has 0 saturated heterocycles. The van der Waals surface area contributed by atoms with Crippen LogP contribution in [0.3, 0.4) is 0 Å². The zero-order valence-electron chi connectivity index (χ0n) is 14.7. The van der Waals surface area contributed by atoms with Crippen molar-refractivity contribution in [2.24, 2.45) is 0 Å². The van der Waals surface area contributed by atoms with Gasteiger partial charge in [0.05, 0.1) is 19.8 Å². The van der Waals surface area contributed by atoms with Gasteiger partial charge in [0.1, 0.15) is 0 Å². The van der Waals surface area contributed by atoms with Crippen LogP contribution >= 0.6 is 0 Å². The van der Waals surface area contributed by atoms with E-state index in [1.54, 1.807) is 19.5 Å². The molecule has 5 heteroatoms. The number of hydrogen-bond donors (Lipinski definition) is 1. The maximum absolute atomic E-state index is 9.47. The van der Waals surface area contributed by atoms with Crippen LogP contribution in [0.5, 0.6) is 11.5 Å². The van der Waals surface area contributed by atoms with Gasteiger partial charge in [-0.1, -0.05) is 0 Å². The predicted molar refractivity (Wildman–Crippen MR) is 98.3 cm³/mol. The number of hydrogen-bond acceptors (Lipinski definition) is 5. The summed E-state index contributed by atoms with van der Waals surface area (Å²) in [5.74, 6) is 1.54. The molecule has 1 N–H and O–H groups in total.